The number of likely N-dealkylation sites (tertiary alicyclic amines) is 1. The maximum atomic E-state index is 12.9. The topological polar surface area (TPSA) is 66.8 Å². The van der Waals surface area contributed by atoms with Crippen molar-refractivity contribution in [1.82, 2.24) is 4.90 Å². The largest absolute Gasteiger partial charge is 0.507 e. The minimum atomic E-state index is -0.710. The van der Waals surface area contributed by atoms with E-state index in [2.05, 4.69) is 6.92 Å². The number of ketones is 1. The summed E-state index contributed by atoms with van der Waals surface area (Å²) < 4.78 is 5.48. The average Bonchev–Trinajstić information content (AvgIpc) is 2.98. The number of carbonyl (C=O) groups is 2. The van der Waals surface area contributed by atoms with Crippen LogP contribution in [0, 0.1) is 0 Å². The van der Waals surface area contributed by atoms with Crippen LogP contribution in [0.1, 0.15) is 43.4 Å². The summed E-state index contributed by atoms with van der Waals surface area (Å²) in [5, 5.41) is 11.5. The number of methoxy groups -OCH3 is 1. The molecule has 0 spiro atoms. The van der Waals surface area contributed by atoms with Crippen LogP contribution in [-0.2, 0) is 9.59 Å². The quantitative estimate of drug-likeness (QED) is 0.301. The highest BCUT2D eigenvalue weighted by molar-refractivity contribution is 6.46. The van der Waals surface area contributed by atoms with E-state index in [-0.39, 0.29) is 11.3 Å². The number of aliphatic hydroxyl groups is 1. The zero-order valence-electron chi connectivity index (χ0n) is 16.5. The van der Waals surface area contributed by atoms with Crippen LogP contribution < -0.4 is 4.74 Å². The van der Waals surface area contributed by atoms with Gasteiger partial charge in [0.05, 0.1) is 18.7 Å². The molecule has 0 aromatic heterocycles. The van der Waals surface area contributed by atoms with Gasteiger partial charge in [-0.1, -0.05) is 49.6 Å². The van der Waals surface area contributed by atoms with Crippen molar-refractivity contribution in [1.29, 1.82) is 0 Å². The zero-order chi connectivity index (χ0) is 21.0. The van der Waals surface area contributed by atoms with Crippen molar-refractivity contribution in [3.8, 4) is 5.75 Å². The summed E-state index contributed by atoms with van der Waals surface area (Å²) in [6.07, 6.45) is 2.71. The van der Waals surface area contributed by atoms with Crippen LogP contribution in [0.15, 0.2) is 54.1 Å². The minimum absolute atomic E-state index is 0.0679. The van der Waals surface area contributed by atoms with E-state index in [1.807, 2.05) is 18.2 Å². The number of halogens is 1. The molecule has 1 unspecified atom stereocenters. The summed E-state index contributed by atoms with van der Waals surface area (Å²) in [5.41, 5.74) is 1.17. The third-order valence-electron chi connectivity index (χ3n) is 5.09. The van der Waals surface area contributed by atoms with Crippen LogP contribution >= 0.6 is 11.6 Å². The number of hydrogen-bond acceptors (Lipinski definition) is 4. The number of rotatable bonds is 7. The van der Waals surface area contributed by atoms with Gasteiger partial charge in [-0.15, -0.1) is 0 Å². The maximum Gasteiger partial charge on any atom is 0.295 e. The molecule has 6 heteroatoms. The molecule has 152 valence electrons. The lowest BCUT2D eigenvalue weighted by Crippen LogP contribution is -2.30. The Morgan fingerprint density at radius 3 is 2.45 bits per heavy atom. The molecule has 2 aromatic carbocycles. The second-order valence-electron chi connectivity index (χ2n) is 6.95. The van der Waals surface area contributed by atoms with Gasteiger partial charge in [0.25, 0.3) is 11.7 Å². The molecule has 29 heavy (non-hydrogen) atoms. The smallest absolute Gasteiger partial charge is 0.295 e. The molecule has 3 rings (SSSR count). The van der Waals surface area contributed by atoms with Gasteiger partial charge in [0.15, 0.2) is 0 Å². The molecule has 1 aliphatic rings. The van der Waals surface area contributed by atoms with Gasteiger partial charge in [0.1, 0.15) is 11.5 Å². The number of ether oxygens (including phenoxy) is 1. The number of amides is 1. The van der Waals surface area contributed by atoms with Crippen molar-refractivity contribution < 1.29 is 19.4 Å². The highest BCUT2D eigenvalue weighted by Crippen LogP contribution is 2.42. The Bertz CT molecular complexity index is 936. The Morgan fingerprint density at radius 1 is 1.10 bits per heavy atom. The molecule has 0 bridgehead atoms. The molecule has 1 atom stereocenters. The molecule has 1 amide bonds. The lowest BCUT2D eigenvalue weighted by Gasteiger charge is -2.26. The first kappa shape index (κ1) is 20.9. The van der Waals surface area contributed by atoms with Gasteiger partial charge in [-0.3, -0.25) is 9.59 Å². The number of unbranched alkanes of at least 4 members (excludes halogenated alkanes) is 2. The summed E-state index contributed by atoms with van der Waals surface area (Å²) in [6, 6.07) is 13.1. The van der Waals surface area contributed by atoms with Crippen molar-refractivity contribution in [2.24, 2.45) is 0 Å². The van der Waals surface area contributed by atoms with Crippen molar-refractivity contribution in [2.75, 3.05) is 13.7 Å². The highest BCUT2D eigenvalue weighted by atomic mass is 35.5. The van der Waals surface area contributed by atoms with Crippen LogP contribution in [0.4, 0.5) is 0 Å². The molecule has 0 saturated carbocycles. The second kappa shape index (κ2) is 9.14. The molecule has 1 aliphatic heterocycles. The number of para-hydroxylation sites is 1. The van der Waals surface area contributed by atoms with Crippen LogP contribution in [0.5, 0.6) is 5.75 Å². The molecule has 2 aromatic rings. The number of Topliss-reactive ketones (excluding diaryl/α,β-unsaturated/α-hetero) is 1. The Labute approximate surface area is 175 Å². The monoisotopic (exact) mass is 413 g/mol. The molecule has 1 N–H and O–H groups in total. The zero-order valence-corrected chi connectivity index (χ0v) is 17.3. The average molecular weight is 414 g/mol. The standard InChI is InChI=1S/C23H24ClNO4/c1-3-4-7-14-25-20(17-8-5-6-9-18(17)29-2)19(22(27)23(25)28)21(26)15-10-12-16(24)13-11-15/h5-6,8-13,20,26H,3-4,7,14H2,1-2H3/b21-19-. The van der Waals surface area contributed by atoms with E-state index in [1.165, 1.54) is 4.90 Å². The van der Waals surface area contributed by atoms with Crippen molar-refractivity contribution >= 4 is 29.1 Å². The van der Waals surface area contributed by atoms with Crippen molar-refractivity contribution in [2.45, 2.75) is 32.2 Å². The molecule has 0 aliphatic carbocycles. The normalized spacial score (nSPS) is 18.3. The molecular formula is C23H24ClNO4. The summed E-state index contributed by atoms with van der Waals surface area (Å²) in [6.45, 7) is 2.50. The van der Waals surface area contributed by atoms with Gasteiger partial charge in [-0.25, -0.2) is 0 Å². The molecule has 0 radical (unpaired) electrons. The first-order valence-corrected chi connectivity index (χ1v) is 10.0. The van der Waals surface area contributed by atoms with E-state index in [0.29, 0.717) is 28.4 Å². The Kier molecular flexibility index (Phi) is 6.60. The van der Waals surface area contributed by atoms with Gasteiger partial charge in [0, 0.05) is 22.7 Å². The first-order chi connectivity index (χ1) is 14.0. The first-order valence-electron chi connectivity index (χ1n) is 9.66. The third-order valence-corrected chi connectivity index (χ3v) is 5.35. The second-order valence-corrected chi connectivity index (χ2v) is 7.38. The lowest BCUT2D eigenvalue weighted by atomic mass is 9.94. The summed E-state index contributed by atoms with van der Waals surface area (Å²) >= 11 is 5.94. The third kappa shape index (κ3) is 4.15. The van der Waals surface area contributed by atoms with Crippen molar-refractivity contribution in [3.63, 3.8) is 0 Å². The number of carbonyl (C=O) groups excluding carboxylic acids is 2. The van der Waals surface area contributed by atoms with Gasteiger partial charge in [-0.2, -0.15) is 0 Å². The van der Waals surface area contributed by atoms with E-state index < -0.39 is 17.7 Å². The Hall–Kier alpha value is -2.79. The van der Waals surface area contributed by atoms with Gasteiger partial charge in [0.2, 0.25) is 0 Å². The fourth-order valence-electron chi connectivity index (χ4n) is 3.62. The molecule has 5 nitrogen and oxygen atoms in total. The van der Waals surface area contributed by atoms with Crippen LogP contribution in [0.2, 0.25) is 5.02 Å². The fourth-order valence-corrected chi connectivity index (χ4v) is 3.75. The van der Waals surface area contributed by atoms with E-state index in [9.17, 15) is 14.7 Å². The Balaban J connectivity index is 2.16. The van der Waals surface area contributed by atoms with E-state index in [4.69, 9.17) is 16.3 Å². The number of aliphatic hydroxyl groups excluding tert-OH is 1. The minimum Gasteiger partial charge on any atom is -0.507 e. The lowest BCUT2D eigenvalue weighted by molar-refractivity contribution is -0.139. The summed E-state index contributed by atoms with van der Waals surface area (Å²) in [7, 11) is 1.54. The van der Waals surface area contributed by atoms with Crippen LogP contribution in [0.3, 0.4) is 0 Å². The predicted octanol–water partition coefficient (Wildman–Crippen LogP) is 4.96. The van der Waals surface area contributed by atoms with Crippen molar-refractivity contribution in [3.05, 3.63) is 70.3 Å². The molecule has 1 saturated heterocycles. The summed E-state index contributed by atoms with van der Waals surface area (Å²) in [4.78, 5) is 27.3. The number of hydrogen-bond donors (Lipinski definition) is 1. The van der Waals surface area contributed by atoms with Gasteiger partial charge < -0.3 is 14.7 Å². The van der Waals surface area contributed by atoms with E-state index >= 15 is 0 Å². The SMILES string of the molecule is CCCCCN1C(=O)C(=O)/C(=C(\O)c2ccc(Cl)cc2)C1c1ccccc1OC. The van der Waals surface area contributed by atoms with Crippen LogP contribution in [0.25, 0.3) is 5.76 Å². The number of nitrogens with zero attached hydrogens (tertiary/aromatic N) is 1. The fraction of sp³-hybridized carbons (Fsp3) is 0.304. The highest BCUT2D eigenvalue weighted by Gasteiger charge is 2.46. The van der Waals surface area contributed by atoms with Crippen LogP contribution in [-0.4, -0.2) is 35.4 Å². The van der Waals surface area contributed by atoms with Gasteiger partial charge in [-0.05, 0) is 36.8 Å². The molecule has 1 heterocycles. The number of benzene rings is 2. The molecule has 1 fully saturated rings. The summed E-state index contributed by atoms with van der Waals surface area (Å²) in [5.74, 6) is -0.951. The maximum absolute atomic E-state index is 12.9. The Morgan fingerprint density at radius 2 is 1.79 bits per heavy atom. The predicted molar refractivity (Wildman–Crippen MR) is 113 cm³/mol. The molecular weight excluding hydrogens is 390 g/mol. The van der Waals surface area contributed by atoms with E-state index in [1.54, 1.807) is 37.4 Å². The van der Waals surface area contributed by atoms with Gasteiger partial charge >= 0.3 is 0 Å². The van der Waals surface area contributed by atoms with E-state index in [0.717, 1.165) is 19.3 Å².